The van der Waals surface area contributed by atoms with Gasteiger partial charge in [-0.05, 0) is 68.3 Å². The molecule has 0 aromatic heterocycles. The number of benzene rings is 3. The largest absolute Gasteiger partial charge is 0.741 e. The monoisotopic (exact) mass is 646 g/mol. The van der Waals surface area contributed by atoms with Crippen LogP contribution in [-0.2, 0) is 10.1 Å². The molecule has 0 saturated heterocycles. The molecule has 3 aromatic rings. The second-order valence-corrected chi connectivity index (χ2v) is 12.2. The Balaban J connectivity index is 0.000000343. The molecule has 3 rings (SSSR count). The van der Waals surface area contributed by atoms with Crippen LogP contribution in [0, 0.1) is 0 Å². The highest BCUT2D eigenvalue weighted by atomic mass is 79.9. The van der Waals surface area contributed by atoms with E-state index in [4.69, 9.17) is 13.0 Å². The van der Waals surface area contributed by atoms with Crippen molar-refractivity contribution in [3.63, 3.8) is 0 Å². The molecule has 0 amide bonds. The summed E-state index contributed by atoms with van der Waals surface area (Å²) in [7, 11) is -7.16. The summed E-state index contributed by atoms with van der Waals surface area (Å²) in [6.45, 7) is 0. The van der Waals surface area contributed by atoms with Gasteiger partial charge >= 0.3 is 5.51 Å². The molecule has 0 aliphatic carbocycles. The summed E-state index contributed by atoms with van der Waals surface area (Å²) < 4.78 is 62.2. The molecule has 0 aliphatic rings. The van der Waals surface area contributed by atoms with E-state index >= 15 is 0 Å². The summed E-state index contributed by atoms with van der Waals surface area (Å²) in [5.41, 5.74) is -5.65. The standard InChI is InChI=1S/C18H12Br3P.CHF3O3S/c19-13-11-16(20)18(17(21)12-13)22(14-7-3-1-4-8-14)15-9-5-2-6-10-15;2-1(3,4)8(5,6)7/h1-12H;(H,5,6,7). The lowest BCUT2D eigenvalue weighted by Gasteiger charge is -2.14. The molecule has 0 heterocycles. The maximum atomic E-state index is 10.7. The SMILES string of the molecule is Brc1cc(Br)c([PH+](c2ccccc2)c2ccccc2)c(Br)c1.O=S(=O)([O-])C(F)(F)F. The molecule has 0 aliphatic heterocycles. The van der Waals surface area contributed by atoms with Crippen molar-refractivity contribution in [1.82, 2.24) is 0 Å². The van der Waals surface area contributed by atoms with Gasteiger partial charge in [-0.2, -0.15) is 13.2 Å². The van der Waals surface area contributed by atoms with Crippen molar-refractivity contribution in [1.29, 1.82) is 0 Å². The van der Waals surface area contributed by atoms with E-state index in [9.17, 15) is 13.2 Å². The number of rotatable bonds is 3. The molecule has 0 unspecified atom stereocenters. The van der Waals surface area contributed by atoms with Crippen LogP contribution in [0.25, 0.3) is 0 Å². The first-order chi connectivity index (χ1) is 13.9. The average molecular weight is 649 g/mol. The third-order valence-electron chi connectivity index (χ3n) is 3.67. The van der Waals surface area contributed by atoms with Crippen molar-refractivity contribution in [3.05, 3.63) is 86.2 Å². The molecule has 0 fully saturated rings. The molecule has 0 N–H and O–H groups in total. The Kier molecular flexibility index (Phi) is 9.09. The Morgan fingerprint density at radius 2 is 1.10 bits per heavy atom. The topological polar surface area (TPSA) is 57.2 Å². The maximum absolute atomic E-state index is 10.7. The van der Waals surface area contributed by atoms with Gasteiger partial charge in [0, 0.05) is 4.47 Å². The average Bonchev–Trinajstić information content (AvgIpc) is 2.65. The van der Waals surface area contributed by atoms with Gasteiger partial charge in [-0.15, -0.1) is 0 Å². The fourth-order valence-corrected chi connectivity index (χ4v) is 8.48. The van der Waals surface area contributed by atoms with E-state index in [1.54, 1.807) is 0 Å². The Bertz CT molecular complexity index is 1030. The van der Waals surface area contributed by atoms with Crippen molar-refractivity contribution < 1.29 is 26.1 Å². The number of halogens is 6. The van der Waals surface area contributed by atoms with Gasteiger partial charge in [0.2, 0.25) is 0 Å². The predicted molar refractivity (Wildman–Crippen MR) is 125 cm³/mol. The quantitative estimate of drug-likeness (QED) is 0.214. The molecule has 0 atom stereocenters. The normalized spacial score (nSPS) is 11.7. The highest BCUT2D eigenvalue weighted by Gasteiger charge is 2.37. The lowest BCUT2D eigenvalue weighted by atomic mass is 10.3. The zero-order chi connectivity index (χ0) is 22.5. The van der Waals surface area contributed by atoms with E-state index in [-0.39, 0.29) is 0 Å². The van der Waals surface area contributed by atoms with Gasteiger partial charge in [-0.1, -0.05) is 52.3 Å². The van der Waals surface area contributed by atoms with Crippen molar-refractivity contribution in [3.8, 4) is 0 Å². The lowest BCUT2D eigenvalue weighted by Crippen LogP contribution is -2.22. The van der Waals surface area contributed by atoms with E-state index in [0.717, 1.165) is 13.4 Å². The third-order valence-corrected chi connectivity index (χ3v) is 9.53. The van der Waals surface area contributed by atoms with Crippen molar-refractivity contribution in [2.75, 3.05) is 0 Å². The molecular formula is C19H13Br3F3O3PS. The van der Waals surface area contributed by atoms with Crippen LogP contribution in [0.5, 0.6) is 0 Å². The smallest absolute Gasteiger partial charge is 0.485 e. The van der Waals surface area contributed by atoms with Gasteiger partial charge < -0.3 is 4.55 Å². The van der Waals surface area contributed by atoms with E-state index in [0.29, 0.717) is 0 Å². The number of hydrogen-bond donors (Lipinski definition) is 0. The van der Waals surface area contributed by atoms with Crippen LogP contribution >= 0.6 is 55.7 Å². The molecule has 30 heavy (non-hydrogen) atoms. The summed E-state index contributed by atoms with van der Waals surface area (Å²) in [5, 5.41) is 4.09. The summed E-state index contributed by atoms with van der Waals surface area (Å²) in [5.74, 6) is 0. The van der Waals surface area contributed by atoms with Gasteiger partial charge in [0.15, 0.2) is 10.1 Å². The van der Waals surface area contributed by atoms with E-state index in [2.05, 4.69) is 121 Å². The van der Waals surface area contributed by atoms with Crippen molar-refractivity contribution in [2.45, 2.75) is 5.51 Å². The Morgan fingerprint density at radius 3 is 1.40 bits per heavy atom. The lowest BCUT2D eigenvalue weighted by molar-refractivity contribution is -0.0517. The van der Waals surface area contributed by atoms with Crippen LogP contribution < -0.4 is 15.9 Å². The van der Waals surface area contributed by atoms with Gasteiger partial charge in [-0.25, -0.2) is 8.42 Å². The highest BCUT2D eigenvalue weighted by molar-refractivity contribution is 9.11. The second-order valence-electron chi connectivity index (χ2n) is 5.75. The minimum Gasteiger partial charge on any atom is -0.741 e. The van der Waals surface area contributed by atoms with Crippen molar-refractivity contribution in [2.24, 2.45) is 0 Å². The van der Waals surface area contributed by atoms with Crippen LogP contribution in [0.1, 0.15) is 0 Å². The van der Waals surface area contributed by atoms with Gasteiger partial charge in [0.1, 0.15) is 23.8 Å². The van der Waals surface area contributed by atoms with E-state index in [1.165, 1.54) is 15.9 Å². The number of alkyl halides is 3. The molecule has 11 heteroatoms. The van der Waals surface area contributed by atoms with Crippen LogP contribution in [0.15, 0.2) is 86.2 Å². The fraction of sp³-hybridized carbons (Fsp3) is 0.0526. The summed E-state index contributed by atoms with van der Waals surface area (Å²) in [6.07, 6.45) is 0. The zero-order valence-corrected chi connectivity index (χ0v) is 21.4. The highest BCUT2D eigenvalue weighted by Crippen LogP contribution is 2.39. The minimum atomic E-state index is -6.09. The molecule has 3 aromatic carbocycles. The second kappa shape index (κ2) is 10.7. The fourth-order valence-electron chi connectivity index (χ4n) is 2.45. The first-order valence-corrected chi connectivity index (χ1v) is 13.4. The molecular weight excluding hydrogens is 636 g/mol. The zero-order valence-electron chi connectivity index (χ0n) is 14.8. The molecule has 3 nitrogen and oxygen atoms in total. The first kappa shape index (κ1) is 25.5. The molecule has 160 valence electrons. The Morgan fingerprint density at radius 1 is 0.767 bits per heavy atom. The van der Waals surface area contributed by atoms with Gasteiger partial charge in [-0.3, -0.25) is 0 Å². The minimum absolute atomic E-state index is 1.07. The molecule has 0 spiro atoms. The summed E-state index contributed by atoms with van der Waals surface area (Å²) in [4.78, 5) is 0. The van der Waals surface area contributed by atoms with Gasteiger partial charge in [0.05, 0.1) is 8.95 Å². The maximum Gasteiger partial charge on any atom is 0.485 e. The van der Waals surface area contributed by atoms with Crippen molar-refractivity contribution >= 4 is 81.7 Å². The molecule has 0 bridgehead atoms. The summed E-state index contributed by atoms with van der Waals surface area (Å²) >= 11 is 11.1. The first-order valence-electron chi connectivity index (χ1n) is 8.06. The predicted octanol–water partition coefficient (Wildman–Crippen LogP) is 5.52. The Labute approximate surface area is 198 Å². The van der Waals surface area contributed by atoms with Crippen LogP contribution in [0.2, 0.25) is 0 Å². The third kappa shape index (κ3) is 6.87. The van der Waals surface area contributed by atoms with Crippen LogP contribution in [0.4, 0.5) is 13.2 Å². The van der Waals surface area contributed by atoms with Crippen LogP contribution in [0.3, 0.4) is 0 Å². The summed E-state index contributed by atoms with van der Waals surface area (Å²) in [6, 6.07) is 25.7. The molecule has 0 saturated carbocycles. The molecule has 0 radical (unpaired) electrons. The van der Waals surface area contributed by atoms with E-state index in [1.807, 2.05) is 0 Å². The van der Waals surface area contributed by atoms with Gasteiger partial charge in [0.25, 0.3) is 0 Å². The Hall–Kier alpha value is -0.770. The van der Waals surface area contributed by atoms with E-state index < -0.39 is 23.5 Å². The van der Waals surface area contributed by atoms with Crippen LogP contribution in [-0.4, -0.2) is 18.5 Å². The number of hydrogen-bond acceptors (Lipinski definition) is 3.